The number of para-hydroxylation sites is 2. The number of hydrogen-bond acceptors (Lipinski definition) is 4. The molecule has 0 atom stereocenters. The van der Waals surface area contributed by atoms with Crippen LogP contribution >= 0.6 is 0 Å². The van der Waals surface area contributed by atoms with Crippen LogP contribution in [0.2, 0.25) is 0 Å². The zero-order valence-electron chi connectivity index (χ0n) is 8.66. The van der Waals surface area contributed by atoms with E-state index in [0.29, 0.717) is 9.16 Å². The Morgan fingerprint density at radius 3 is 2.71 bits per heavy atom. The molecule has 0 aliphatic heterocycles. The van der Waals surface area contributed by atoms with Gasteiger partial charge in [-0.1, -0.05) is 22.2 Å². The molecule has 0 fully saturated rings. The predicted octanol–water partition coefficient (Wildman–Crippen LogP) is -2.45. The van der Waals surface area contributed by atoms with E-state index in [-0.39, 0.29) is 28.4 Å². The molecule has 0 aliphatic carbocycles. The fourth-order valence-electron chi connectivity index (χ4n) is 1.57. The molecule has 1 aromatic carbocycles. The zero-order valence-corrected chi connectivity index (χ0v) is 8.66. The summed E-state index contributed by atoms with van der Waals surface area (Å²) in [6, 6.07) is 6.28. The summed E-state index contributed by atoms with van der Waals surface area (Å²) in [5.74, 6) is -0.661. The number of hydrogen-bond donors (Lipinski definition) is 5. The topological polar surface area (TPSA) is 134 Å². The molecule has 8 nitrogen and oxygen atoms in total. The molecule has 0 saturated heterocycles. The maximum Gasteiger partial charge on any atom is 0.354 e. The Morgan fingerprint density at radius 2 is 2.06 bits per heavy atom. The second kappa shape index (κ2) is 3.67. The Labute approximate surface area is 94.6 Å². The van der Waals surface area contributed by atoms with Crippen LogP contribution in [0.15, 0.2) is 24.3 Å². The number of rotatable bonds is 1. The van der Waals surface area contributed by atoms with E-state index < -0.39 is 0 Å². The number of nitrogens with one attached hydrogen (secondary N) is 1. The van der Waals surface area contributed by atoms with Gasteiger partial charge in [0.25, 0.3) is 5.69 Å². The average molecular weight is 237 g/mol. The van der Waals surface area contributed by atoms with Crippen molar-refractivity contribution >= 4 is 22.7 Å². The van der Waals surface area contributed by atoms with E-state index in [0.717, 1.165) is 0 Å². The van der Waals surface area contributed by atoms with Gasteiger partial charge < -0.3 is 10.4 Å². The molecule has 88 valence electrons. The van der Waals surface area contributed by atoms with E-state index >= 15 is 0 Å². The lowest BCUT2D eigenvalue weighted by molar-refractivity contribution is -0.737. The van der Waals surface area contributed by atoms with Crippen molar-refractivity contribution in [2.75, 3.05) is 5.73 Å². The normalized spacial score (nSPS) is 11.9. The lowest BCUT2D eigenvalue weighted by Gasteiger charge is -2.05. The summed E-state index contributed by atoms with van der Waals surface area (Å²) >= 11 is 0. The molecule has 7 N–H and O–H groups in total. The van der Waals surface area contributed by atoms with Gasteiger partial charge in [0.2, 0.25) is 5.52 Å². The first-order valence-electron chi connectivity index (χ1n) is 4.66. The Bertz CT molecular complexity index is 676. The van der Waals surface area contributed by atoms with Crippen molar-refractivity contribution in [3.8, 4) is 0 Å². The van der Waals surface area contributed by atoms with Gasteiger partial charge in [-0.3, -0.25) is 11.5 Å². The van der Waals surface area contributed by atoms with E-state index in [1.807, 2.05) is 0 Å². The van der Waals surface area contributed by atoms with Gasteiger partial charge in [-0.05, 0) is 12.1 Å². The van der Waals surface area contributed by atoms with Gasteiger partial charge in [-0.15, -0.1) is 0 Å². The summed E-state index contributed by atoms with van der Waals surface area (Å²) in [5, 5.41) is 20.2. The minimum Gasteiger partial charge on any atom is -0.427 e. The van der Waals surface area contributed by atoms with Gasteiger partial charge in [0.1, 0.15) is 5.52 Å². The average Bonchev–Trinajstić information content (AvgIpc) is 2.36. The van der Waals surface area contributed by atoms with Crippen LogP contribution in [0.25, 0.3) is 11.0 Å². The largest absolute Gasteiger partial charge is 0.427 e. The first-order chi connectivity index (χ1) is 8.07. The SMILES string of the molecule is N/C(=[NH+]\O)c1c(N)[n+](=O)c2ccccc2n1O. The number of anilines is 1. The third-order valence-corrected chi connectivity index (χ3v) is 2.38. The number of fused-ring (bicyclic) bond motifs is 1. The molecule has 8 heteroatoms. The van der Waals surface area contributed by atoms with E-state index in [1.165, 1.54) is 12.1 Å². The van der Waals surface area contributed by atoms with Gasteiger partial charge in [0.15, 0.2) is 0 Å². The number of benzene rings is 1. The van der Waals surface area contributed by atoms with E-state index in [2.05, 4.69) is 0 Å². The number of nitrogens with zero attached hydrogens (tertiary/aromatic N) is 2. The fraction of sp³-hybridized carbons (Fsp3) is 0. The number of nitrogens with two attached hydrogens (primary N) is 2. The Balaban J connectivity index is 3.02. The van der Waals surface area contributed by atoms with Crippen LogP contribution in [-0.2, 0) is 0 Å². The summed E-state index contributed by atoms with van der Waals surface area (Å²) in [5.41, 5.74) is 11.1. The number of aromatic nitrogens is 2. The highest BCUT2D eigenvalue weighted by molar-refractivity contribution is 5.96. The minimum atomic E-state index is -0.333. The summed E-state index contributed by atoms with van der Waals surface area (Å²) in [6.07, 6.45) is 0. The summed E-state index contributed by atoms with van der Waals surface area (Å²) in [6.45, 7) is 0. The summed E-state index contributed by atoms with van der Waals surface area (Å²) in [7, 11) is 0. The molecule has 0 amide bonds. The Kier molecular flexibility index (Phi) is 2.32. The van der Waals surface area contributed by atoms with Crippen LogP contribution in [0.3, 0.4) is 0 Å². The first kappa shape index (κ1) is 10.7. The van der Waals surface area contributed by atoms with Crippen LogP contribution in [0, 0.1) is 4.91 Å². The first-order valence-corrected chi connectivity index (χ1v) is 4.66. The van der Waals surface area contributed by atoms with Gasteiger partial charge in [-0.2, -0.15) is 4.73 Å². The third kappa shape index (κ3) is 1.42. The molecular weight excluding hydrogens is 226 g/mol. The highest BCUT2D eigenvalue weighted by Gasteiger charge is 2.26. The maximum absolute atomic E-state index is 11.8. The van der Waals surface area contributed by atoms with Gasteiger partial charge in [0.05, 0.1) is 0 Å². The quantitative estimate of drug-likeness (QED) is 0.0937. The summed E-state index contributed by atoms with van der Waals surface area (Å²) < 4.78 is 1.05. The van der Waals surface area contributed by atoms with Gasteiger partial charge >= 0.3 is 11.7 Å². The van der Waals surface area contributed by atoms with Crippen molar-refractivity contribution in [1.29, 1.82) is 0 Å². The highest BCUT2D eigenvalue weighted by Crippen LogP contribution is 2.13. The molecule has 2 rings (SSSR count). The van der Waals surface area contributed by atoms with Crippen molar-refractivity contribution in [1.82, 2.24) is 4.73 Å². The zero-order chi connectivity index (χ0) is 12.6. The second-order valence-electron chi connectivity index (χ2n) is 3.35. The second-order valence-corrected chi connectivity index (χ2v) is 3.35. The predicted molar refractivity (Wildman–Crippen MR) is 57.9 cm³/mol. The van der Waals surface area contributed by atoms with Crippen LogP contribution in [0.5, 0.6) is 0 Å². The number of amidine groups is 1. The van der Waals surface area contributed by atoms with Crippen molar-refractivity contribution in [3.05, 3.63) is 34.9 Å². The molecule has 1 aromatic heterocycles. The van der Waals surface area contributed by atoms with Crippen molar-refractivity contribution in [2.24, 2.45) is 5.73 Å². The molecule has 2 aromatic rings. The van der Waals surface area contributed by atoms with Crippen LogP contribution < -0.4 is 21.1 Å². The van der Waals surface area contributed by atoms with E-state index in [9.17, 15) is 10.1 Å². The van der Waals surface area contributed by atoms with Crippen molar-refractivity contribution in [2.45, 2.75) is 0 Å². The lowest BCUT2D eigenvalue weighted by Crippen LogP contribution is -2.72. The maximum atomic E-state index is 11.8. The van der Waals surface area contributed by atoms with Crippen LogP contribution in [0.4, 0.5) is 5.82 Å². The fourth-order valence-corrected chi connectivity index (χ4v) is 1.57. The molecule has 0 unspecified atom stereocenters. The van der Waals surface area contributed by atoms with E-state index in [4.69, 9.17) is 16.7 Å². The van der Waals surface area contributed by atoms with Gasteiger partial charge in [-0.25, -0.2) is 0 Å². The third-order valence-electron chi connectivity index (χ3n) is 2.38. The molecule has 0 bridgehead atoms. The van der Waals surface area contributed by atoms with Gasteiger partial charge in [0, 0.05) is 4.43 Å². The standard InChI is InChI=1S/C9H9N5O3/c10-8(12-15)7-9(11)14(17)6-4-2-1-3-5(6)13(7)16/h1-4,16H,11H2,(H2-,10,12,15)/p+2. The molecule has 0 aliphatic rings. The molecular formula is C9H11N5O3+2. The minimum absolute atomic E-state index is 0.182. The Morgan fingerprint density at radius 1 is 1.41 bits per heavy atom. The van der Waals surface area contributed by atoms with Crippen LogP contribution in [-0.4, -0.2) is 21.0 Å². The Hall–Kier alpha value is -2.77. The molecule has 17 heavy (non-hydrogen) atoms. The van der Waals surface area contributed by atoms with Crippen LogP contribution in [0.1, 0.15) is 5.69 Å². The monoisotopic (exact) mass is 237 g/mol. The molecule has 0 saturated carbocycles. The van der Waals surface area contributed by atoms with Crippen molar-refractivity contribution in [3.63, 3.8) is 0 Å². The molecule has 0 radical (unpaired) electrons. The lowest BCUT2D eigenvalue weighted by atomic mass is 10.2. The smallest absolute Gasteiger partial charge is 0.354 e. The van der Waals surface area contributed by atoms with E-state index in [1.54, 1.807) is 17.3 Å². The highest BCUT2D eigenvalue weighted by atomic mass is 16.5. The molecule has 1 heterocycles. The number of nitrogen functional groups attached to an aromatic ring is 2. The molecule has 0 spiro atoms. The summed E-state index contributed by atoms with van der Waals surface area (Å²) in [4.78, 5) is 11.8. The van der Waals surface area contributed by atoms with Crippen molar-refractivity contribution < 1.29 is 20.0 Å².